The highest BCUT2D eigenvalue weighted by molar-refractivity contribution is 7.99. The van der Waals surface area contributed by atoms with Crippen LogP contribution >= 0.6 is 23.1 Å². The molecule has 10 heteroatoms. The molecule has 4 heterocycles. The molecule has 8 nitrogen and oxygen atoms in total. The van der Waals surface area contributed by atoms with Gasteiger partial charge in [-0.1, -0.05) is 42.4 Å². The van der Waals surface area contributed by atoms with Crippen molar-refractivity contribution in [3.63, 3.8) is 0 Å². The molecule has 1 amide bonds. The number of nitrogens with one attached hydrogen (secondary N) is 1. The van der Waals surface area contributed by atoms with Crippen molar-refractivity contribution in [2.24, 2.45) is 0 Å². The maximum atomic E-state index is 12.3. The molecule has 3 aromatic rings. The number of thioether (sulfide) groups is 1. The number of amides is 1. The molecule has 2 fully saturated rings. The molecule has 0 spiro atoms. The van der Waals surface area contributed by atoms with Gasteiger partial charge in [0.2, 0.25) is 5.91 Å². The zero-order valence-corrected chi connectivity index (χ0v) is 17.3. The van der Waals surface area contributed by atoms with Gasteiger partial charge in [-0.05, 0) is 25.7 Å². The zero-order chi connectivity index (χ0) is 18.9. The lowest BCUT2D eigenvalue weighted by atomic mass is 9.95. The Labute approximate surface area is 171 Å². The van der Waals surface area contributed by atoms with Gasteiger partial charge >= 0.3 is 0 Å². The van der Waals surface area contributed by atoms with E-state index >= 15 is 0 Å². The van der Waals surface area contributed by atoms with Crippen LogP contribution in [-0.2, 0) is 4.79 Å². The molecule has 0 radical (unpaired) electrons. The highest BCUT2D eigenvalue weighted by Gasteiger charge is 2.20. The predicted octanol–water partition coefficient (Wildman–Crippen LogP) is 2.88. The molecule has 5 rings (SSSR count). The van der Waals surface area contributed by atoms with Crippen LogP contribution < -0.4 is 10.2 Å². The van der Waals surface area contributed by atoms with E-state index < -0.39 is 0 Å². The Morgan fingerprint density at radius 2 is 2.00 bits per heavy atom. The summed E-state index contributed by atoms with van der Waals surface area (Å²) in [4.78, 5) is 23.8. The molecule has 0 aromatic carbocycles. The van der Waals surface area contributed by atoms with Crippen LogP contribution in [0.2, 0.25) is 0 Å². The Balaban J connectivity index is 1.31. The number of rotatable bonds is 5. The van der Waals surface area contributed by atoms with Crippen LogP contribution in [-0.4, -0.2) is 55.4 Å². The minimum absolute atomic E-state index is 0.0665. The molecule has 1 aliphatic heterocycles. The summed E-state index contributed by atoms with van der Waals surface area (Å²) < 4.78 is 2.82. The van der Waals surface area contributed by atoms with E-state index in [0.717, 1.165) is 47.1 Å². The first kappa shape index (κ1) is 18.1. The third kappa shape index (κ3) is 3.55. The van der Waals surface area contributed by atoms with E-state index in [9.17, 15) is 4.79 Å². The predicted molar refractivity (Wildman–Crippen MR) is 111 cm³/mol. The second-order valence-corrected chi connectivity index (χ2v) is 9.38. The van der Waals surface area contributed by atoms with Crippen molar-refractivity contribution in [3.05, 3.63) is 6.33 Å². The normalized spacial score (nSPS) is 18.4. The molecule has 1 saturated heterocycles. The number of carbonyl (C=O) groups excluding carboxylic acids is 1. The first-order valence-corrected chi connectivity index (χ1v) is 11.8. The van der Waals surface area contributed by atoms with Crippen LogP contribution in [0.3, 0.4) is 0 Å². The molecule has 28 heavy (non-hydrogen) atoms. The molecule has 0 atom stereocenters. The zero-order valence-electron chi connectivity index (χ0n) is 15.6. The van der Waals surface area contributed by atoms with Crippen LogP contribution in [0.25, 0.3) is 16.0 Å². The summed E-state index contributed by atoms with van der Waals surface area (Å²) >= 11 is 3.03. The second kappa shape index (κ2) is 7.82. The number of thiazole rings is 1. The SMILES string of the molecule is O=C(CSc1nnc2c3sc(N4CCCC4)nc3ncn12)NC1CCCCC1. The van der Waals surface area contributed by atoms with Crippen molar-refractivity contribution in [1.29, 1.82) is 0 Å². The Morgan fingerprint density at radius 3 is 2.82 bits per heavy atom. The summed E-state index contributed by atoms with van der Waals surface area (Å²) in [6.45, 7) is 2.11. The van der Waals surface area contributed by atoms with Gasteiger partial charge in [0.25, 0.3) is 0 Å². The van der Waals surface area contributed by atoms with Gasteiger partial charge in [0.1, 0.15) is 11.0 Å². The molecular weight excluding hydrogens is 394 g/mol. The summed E-state index contributed by atoms with van der Waals surface area (Å²) in [6.07, 6.45) is 10.0. The average molecular weight is 418 g/mol. The van der Waals surface area contributed by atoms with Gasteiger partial charge in [-0.25, -0.2) is 4.98 Å². The van der Waals surface area contributed by atoms with E-state index in [2.05, 4.69) is 30.4 Å². The highest BCUT2D eigenvalue weighted by Crippen LogP contribution is 2.32. The maximum absolute atomic E-state index is 12.3. The summed E-state index contributed by atoms with van der Waals surface area (Å²) in [5, 5.41) is 13.5. The molecule has 1 saturated carbocycles. The van der Waals surface area contributed by atoms with Gasteiger partial charge in [-0.3, -0.25) is 9.20 Å². The lowest BCUT2D eigenvalue weighted by Crippen LogP contribution is -2.37. The van der Waals surface area contributed by atoms with Crippen molar-refractivity contribution < 1.29 is 4.79 Å². The standard InChI is InChI=1S/C18H23N7OS2/c26-13(20-12-6-2-1-3-7-12)10-27-18-23-22-16-14-15(19-11-25(16)18)21-17(28-14)24-8-4-5-9-24/h11-12H,1-10H2,(H,20,26). The Bertz CT molecular complexity index is 989. The largest absolute Gasteiger partial charge is 0.353 e. The monoisotopic (exact) mass is 417 g/mol. The molecular formula is C18H23N7OS2. The van der Waals surface area contributed by atoms with E-state index in [1.807, 2.05) is 4.40 Å². The van der Waals surface area contributed by atoms with Crippen LogP contribution in [0.4, 0.5) is 5.13 Å². The molecule has 3 aromatic heterocycles. The smallest absolute Gasteiger partial charge is 0.230 e. The van der Waals surface area contributed by atoms with Crippen LogP contribution in [0, 0.1) is 0 Å². The van der Waals surface area contributed by atoms with Gasteiger partial charge in [-0.15, -0.1) is 10.2 Å². The average Bonchev–Trinajstić information content (AvgIpc) is 3.44. The summed E-state index contributed by atoms with van der Waals surface area (Å²) in [6, 6.07) is 0.333. The fraction of sp³-hybridized carbons (Fsp3) is 0.611. The van der Waals surface area contributed by atoms with Crippen molar-refractivity contribution in [2.45, 2.75) is 56.1 Å². The highest BCUT2D eigenvalue weighted by atomic mass is 32.2. The lowest BCUT2D eigenvalue weighted by molar-refractivity contribution is -0.119. The van der Waals surface area contributed by atoms with E-state index in [0.29, 0.717) is 17.0 Å². The molecule has 1 N–H and O–H groups in total. The molecule has 0 bridgehead atoms. The number of anilines is 1. The van der Waals surface area contributed by atoms with Crippen LogP contribution in [0.1, 0.15) is 44.9 Å². The first-order valence-electron chi connectivity index (χ1n) is 9.95. The molecule has 0 unspecified atom stereocenters. The van der Waals surface area contributed by atoms with Gasteiger partial charge in [0, 0.05) is 19.1 Å². The van der Waals surface area contributed by atoms with E-state index in [1.165, 1.54) is 43.9 Å². The van der Waals surface area contributed by atoms with E-state index in [1.54, 1.807) is 17.7 Å². The number of hydrogen-bond donors (Lipinski definition) is 1. The topological polar surface area (TPSA) is 88.3 Å². The number of aromatic nitrogens is 5. The second-order valence-electron chi connectivity index (χ2n) is 7.46. The number of carbonyl (C=O) groups is 1. The Hall–Kier alpha value is -1.94. The third-order valence-electron chi connectivity index (χ3n) is 5.44. The number of nitrogens with zero attached hydrogens (tertiary/aromatic N) is 6. The molecule has 148 valence electrons. The first-order chi connectivity index (χ1) is 13.8. The van der Waals surface area contributed by atoms with Gasteiger partial charge in [0.05, 0.1) is 5.75 Å². The Morgan fingerprint density at radius 1 is 1.18 bits per heavy atom. The summed E-state index contributed by atoms with van der Waals surface area (Å²) in [5.74, 6) is 0.411. The van der Waals surface area contributed by atoms with Crippen molar-refractivity contribution >= 4 is 50.1 Å². The molecule has 1 aliphatic carbocycles. The fourth-order valence-electron chi connectivity index (χ4n) is 3.97. The molecule has 2 aliphatic rings. The Kier molecular flexibility index (Phi) is 5.06. The van der Waals surface area contributed by atoms with Gasteiger partial charge in [-0.2, -0.15) is 4.98 Å². The van der Waals surface area contributed by atoms with E-state index in [4.69, 9.17) is 0 Å². The van der Waals surface area contributed by atoms with Gasteiger partial charge < -0.3 is 10.2 Å². The fourth-order valence-corrected chi connectivity index (χ4v) is 5.73. The maximum Gasteiger partial charge on any atom is 0.230 e. The quantitative estimate of drug-likeness (QED) is 0.639. The number of fused-ring (bicyclic) bond motifs is 3. The van der Waals surface area contributed by atoms with Crippen LogP contribution in [0.5, 0.6) is 0 Å². The van der Waals surface area contributed by atoms with Crippen molar-refractivity contribution in [3.8, 4) is 0 Å². The van der Waals surface area contributed by atoms with Crippen molar-refractivity contribution in [1.82, 2.24) is 29.9 Å². The summed E-state index contributed by atoms with van der Waals surface area (Å²) in [5.41, 5.74) is 1.49. The minimum atomic E-state index is 0.0665. The summed E-state index contributed by atoms with van der Waals surface area (Å²) in [7, 11) is 0. The third-order valence-corrected chi connectivity index (χ3v) is 7.48. The van der Waals surface area contributed by atoms with Gasteiger partial charge in [0.15, 0.2) is 21.6 Å². The van der Waals surface area contributed by atoms with E-state index in [-0.39, 0.29) is 5.91 Å². The van der Waals surface area contributed by atoms with Crippen LogP contribution in [0.15, 0.2) is 11.5 Å². The minimum Gasteiger partial charge on any atom is -0.353 e. The lowest BCUT2D eigenvalue weighted by Gasteiger charge is -2.22. The van der Waals surface area contributed by atoms with Crippen molar-refractivity contribution in [2.75, 3.05) is 23.7 Å². The number of hydrogen-bond acceptors (Lipinski definition) is 8.